The smallest absolute Gasteiger partial charge is 0.244 e. The molecule has 0 fully saturated rings. The van der Waals surface area contributed by atoms with Crippen LogP contribution in [0.4, 0.5) is 5.69 Å². The number of carbonyl (C=O) groups excluding carboxylic acids is 2. The number of nitrogens with zero attached hydrogens (tertiary/aromatic N) is 2. The minimum Gasteiger partial charge on any atom is -0.492 e. The van der Waals surface area contributed by atoms with Crippen LogP contribution in [0.5, 0.6) is 5.75 Å². The first-order valence-corrected chi connectivity index (χ1v) is 15.3. The lowest BCUT2D eigenvalue weighted by atomic mass is 10.0. The second-order valence-corrected chi connectivity index (χ2v) is 11.6. The maximum Gasteiger partial charge on any atom is 0.244 e. The van der Waals surface area contributed by atoms with Gasteiger partial charge in [0.05, 0.1) is 18.6 Å². The van der Waals surface area contributed by atoms with Crippen LogP contribution in [-0.2, 0) is 32.6 Å². The standard InChI is InChI=1S/C31H39N3O5S/c1-5-19-32-31(36)28(21-25-14-8-7-9-15-25)33(22-26-16-12-13-24(3)20-26)30(35)23-34(40(4,37)38)27-17-10-11-18-29(27)39-6-2/h7-18,20,28H,5-6,19,21-23H2,1-4H3,(H,32,36). The SMILES string of the molecule is CCCNC(=O)C(Cc1ccccc1)N(Cc1cccc(C)c1)C(=O)CN(c1ccccc1OCC)S(C)(=O)=O. The summed E-state index contributed by atoms with van der Waals surface area (Å²) in [6.45, 7) is 6.18. The molecule has 0 aromatic heterocycles. The maximum atomic E-state index is 14.1. The summed E-state index contributed by atoms with van der Waals surface area (Å²) in [6.07, 6.45) is 2.08. The van der Waals surface area contributed by atoms with Crippen molar-refractivity contribution in [3.8, 4) is 5.75 Å². The third-order valence-electron chi connectivity index (χ3n) is 6.37. The highest BCUT2D eigenvalue weighted by atomic mass is 32.2. The van der Waals surface area contributed by atoms with Crippen LogP contribution in [0.2, 0.25) is 0 Å². The Bertz CT molecular complexity index is 1380. The highest BCUT2D eigenvalue weighted by Gasteiger charge is 2.33. The topological polar surface area (TPSA) is 96.0 Å². The summed E-state index contributed by atoms with van der Waals surface area (Å²) < 4.78 is 32.7. The van der Waals surface area contributed by atoms with Gasteiger partial charge in [0.25, 0.3) is 0 Å². The van der Waals surface area contributed by atoms with E-state index < -0.39 is 28.5 Å². The Morgan fingerprint density at radius 2 is 1.60 bits per heavy atom. The van der Waals surface area contributed by atoms with Gasteiger partial charge in [-0.15, -0.1) is 0 Å². The van der Waals surface area contributed by atoms with Crippen molar-refractivity contribution < 1.29 is 22.7 Å². The van der Waals surface area contributed by atoms with Crippen LogP contribution in [-0.4, -0.2) is 57.1 Å². The molecule has 0 heterocycles. The van der Waals surface area contributed by atoms with Crippen LogP contribution in [0.25, 0.3) is 0 Å². The summed E-state index contributed by atoms with van der Waals surface area (Å²) in [5.74, 6) is -0.423. The zero-order valence-corrected chi connectivity index (χ0v) is 24.5. The third-order valence-corrected chi connectivity index (χ3v) is 7.50. The Labute approximate surface area is 238 Å². The zero-order valence-electron chi connectivity index (χ0n) is 23.7. The highest BCUT2D eigenvalue weighted by molar-refractivity contribution is 7.92. The average molecular weight is 566 g/mol. The van der Waals surface area contributed by atoms with Crippen LogP contribution in [0, 0.1) is 6.92 Å². The Kier molecular flexibility index (Phi) is 11.1. The molecule has 3 aromatic rings. The number of amides is 2. The second kappa shape index (κ2) is 14.5. The van der Waals surface area contributed by atoms with E-state index >= 15 is 0 Å². The van der Waals surface area contributed by atoms with Gasteiger partial charge in [-0.3, -0.25) is 13.9 Å². The van der Waals surface area contributed by atoms with Crippen molar-refractivity contribution >= 4 is 27.5 Å². The van der Waals surface area contributed by atoms with Crippen molar-refractivity contribution in [1.29, 1.82) is 0 Å². The molecule has 2 amide bonds. The van der Waals surface area contributed by atoms with Gasteiger partial charge in [0.2, 0.25) is 21.8 Å². The summed E-state index contributed by atoms with van der Waals surface area (Å²) in [6, 6.07) is 23.1. The largest absolute Gasteiger partial charge is 0.492 e. The molecule has 9 heteroatoms. The minimum absolute atomic E-state index is 0.141. The molecule has 1 N–H and O–H groups in total. The van der Waals surface area contributed by atoms with E-state index in [1.165, 1.54) is 4.90 Å². The highest BCUT2D eigenvalue weighted by Crippen LogP contribution is 2.30. The number of nitrogens with one attached hydrogen (secondary N) is 1. The fraction of sp³-hybridized carbons (Fsp3) is 0.355. The lowest BCUT2D eigenvalue weighted by Gasteiger charge is -2.33. The minimum atomic E-state index is -3.88. The van der Waals surface area contributed by atoms with Gasteiger partial charge >= 0.3 is 0 Å². The summed E-state index contributed by atoms with van der Waals surface area (Å²) in [7, 11) is -3.88. The Morgan fingerprint density at radius 3 is 2.25 bits per heavy atom. The molecule has 214 valence electrons. The molecule has 3 rings (SSSR count). The molecule has 0 saturated carbocycles. The molecule has 3 aromatic carbocycles. The summed E-state index contributed by atoms with van der Waals surface area (Å²) in [5, 5.41) is 2.94. The number of benzene rings is 3. The molecule has 0 aliphatic carbocycles. The molecule has 0 aliphatic heterocycles. The number of anilines is 1. The number of para-hydroxylation sites is 2. The van der Waals surface area contributed by atoms with E-state index in [9.17, 15) is 18.0 Å². The van der Waals surface area contributed by atoms with E-state index in [1.54, 1.807) is 31.2 Å². The number of aryl methyl sites for hydroxylation is 1. The van der Waals surface area contributed by atoms with Gasteiger partial charge in [0.1, 0.15) is 18.3 Å². The number of sulfonamides is 1. The zero-order chi connectivity index (χ0) is 29.1. The fourth-order valence-electron chi connectivity index (χ4n) is 4.46. The predicted molar refractivity (Wildman–Crippen MR) is 159 cm³/mol. The van der Waals surface area contributed by atoms with Crippen molar-refractivity contribution in [3.63, 3.8) is 0 Å². The number of carbonyl (C=O) groups is 2. The summed E-state index contributed by atoms with van der Waals surface area (Å²) >= 11 is 0. The first-order chi connectivity index (χ1) is 19.1. The molecule has 0 radical (unpaired) electrons. The van der Waals surface area contributed by atoms with E-state index in [-0.39, 0.29) is 24.6 Å². The van der Waals surface area contributed by atoms with Crippen LogP contribution in [0.3, 0.4) is 0 Å². The molecule has 1 atom stereocenters. The number of hydrogen-bond acceptors (Lipinski definition) is 5. The molecule has 1 unspecified atom stereocenters. The van der Waals surface area contributed by atoms with Crippen LogP contribution < -0.4 is 14.4 Å². The first kappa shape index (κ1) is 30.7. The van der Waals surface area contributed by atoms with Gasteiger partial charge in [0.15, 0.2) is 0 Å². The van der Waals surface area contributed by atoms with Gasteiger partial charge < -0.3 is 15.0 Å². The quantitative estimate of drug-likeness (QED) is 0.314. The van der Waals surface area contributed by atoms with Gasteiger partial charge in [-0.05, 0) is 43.5 Å². The van der Waals surface area contributed by atoms with Crippen LogP contribution in [0.1, 0.15) is 37.0 Å². The van der Waals surface area contributed by atoms with E-state index in [2.05, 4.69) is 5.32 Å². The lowest BCUT2D eigenvalue weighted by molar-refractivity contribution is -0.140. The number of hydrogen-bond donors (Lipinski definition) is 1. The molecule has 0 bridgehead atoms. The lowest BCUT2D eigenvalue weighted by Crippen LogP contribution is -2.53. The van der Waals surface area contributed by atoms with E-state index in [4.69, 9.17) is 4.74 Å². The first-order valence-electron chi connectivity index (χ1n) is 13.5. The molecule has 0 spiro atoms. The fourth-order valence-corrected chi connectivity index (χ4v) is 5.32. The molecule has 8 nitrogen and oxygen atoms in total. The monoisotopic (exact) mass is 565 g/mol. The van der Waals surface area contributed by atoms with Gasteiger partial charge in [0, 0.05) is 19.5 Å². The van der Waals surface area contributed by atoms with Crippen LogP contribution in [0.15, 0.2) is 78.9 Å². The Balaban J connectivity index is 2.07. The molecule has 40 heavy (non-hydrogen) atoms. The van der Waals surface area contributed by atoms with Gasteiger partial charge in [-0.1, -0.05) is 79.2 Å². The summed E-state index contributed by atoms with van der Waals surface area (Å²) in [5.41, 5.74) is 3.02. The van der Waals surface area contributed by atoms with Gasteiger partial charge in [-0.2, -0.15) is 0 Å². The molecule has 0 aliphatic rings. The van der Waals surface area contributed by atoms with E-state index in [0.29, 0.717) is 18.9 Å². The van der Waals surface area contributed by atoms with Gasteiger partial charge in [-0.25, -0.2) is 8.42 Å². The van der Waals surface area contributed by atoms with Crippen molar-refractivity contribution in [3.05, 3.63) is 95.6 Å². The third kappa shape index (κ3) is 8.58. The summed E-state index contributed by atoms with van der Waals surface area (Å²) in [4.78, 5) is 29.2. The van der Waals surface area contributed by atoms with Crippen molar-refractivity contribution in [1.82, 2.24) is 10.2 Å². The molecular formula is C31H39N3O5S. The average Bonchev–Trinajstić information content (AvgIpc) is 2.93. The second-order valence-electron chi connectivity index (χ2n) is 9.68. The Morgan fingerprint density at radius 1 is 0.925 bits per heavy atom. The van der Waals surface area contributed by atoms with Crippen molar-refractivity contribution in [2.45, 2.75) is 46.2 Å². The molecular weight excluding hydrogens is 526 g/mol. The van der Waals surface area contributed by atoms with Crippen molar-refractivity contribution in [2.75, 3.05) is 30.3 Å². The number of rotatable bonds is 14. The predicted octanol–water partition coefficient (Wildman–Crippen LogP) is 4.33. The normalized spacial score (nSPS) is 11.9. The van der Waals surface area contributed by atoms with Crippen LogP contribution >= 0.6 is 0 Å². The number of ether oxygens (including phenoxy) is 1. The maximum absolute atomic E-state index is 14.1. The van der Waals surface area contributed by atoms with Crippen molar-refractivity contribution in [2.24, 2.45) is 0 Å². The Hall–Kier alpha value is -3.85. The van der Waals surface area contributed by atoms with E-state index in [1.807, 2.05) is 68.4 Å². The molecule has 0 saturated heterocycles. The van der Waals surface area contributed by atoms with E-state index in [0.717, 1.165) is 33.7 Å².